The van der Waals surface area contributed by atoms with Crippen molar-refractivity contribution in [2.75, 3.05) is 10.8 Å². The molecular weight excluding hydrogens is 360 g/mol. The van der Waals surface area contributed by atoms with Crippen molar-refractivity contribution in [3.8, 4) is 0 Å². The highest BCUT2D eigenvalue weighted by Crippen LogP contribution is 2.31. The minimum atomic E-state index is -4.40. The van der Waals surface area contributed by atoms with Gasteiger partial charge in [0.1, 0.15) is 6.54 Å². The molecule has 0 aliphatic heterocycles. The molecule has 2 aromatic carbocycles. The Bertz CT molecular complexity index is 959. The number of aryl methyl sites for hydroxylation is 2. The zero-order valence-electron chi connectivity index (χ0n) is 14.2. The van der Waals surface area contributed by atoms with Gasteiger partial charge >= 0.3 is 0 Å². The first kappa shape index (κ1) is 19.3. The predicted octanol–water partition coefficient (Wildman–Crippen LogP) is 1.40. The van der Waals surface area contributed by atoms with Crippen LogP contribution in [0.5, 0.6) is 0 Å². The third-order valence-electron chi connectivity index (χ3n) is 3.70. The minimum Gasteiger partial charge on any atom is -0.293 e. The maximum atomic E-state index is 13.1. The number of rotatable bonds is 6. The number of benzene rings is 2. The molecule has 0 spiro atoms. The Morgan fingerprint density at radius 2 is 1.88 bits per heavy atom. The van der Waals surface area contributed by atoms with Gasteiger partial charge in [-0.25, -0.2) is 14.3 Å². The molecule has 1 amide bonds. The van der Waals surface area contributed by atoms with Crippen LogP contribution in [0, 0.1) is 24.0 Å². The number of hydrazine groups is 1. The van der Waals surface area contributed by atoms with Crippen molar-refractivity contribution < 1.29 is 18.1 Å². The van der Waals surface area contributed by atoms with Crippen LogP contribution < -0.4 is 15.6 Å². The number of hydrogen-bond donors (Lipinski definition) is 2. The van der Waals surface area contributed by atoms with E-state index in [1.807, 2.05) is 12.3 Å². The largest absolute Gasteiger partial charge is 0.293 e. The molecule has 138 valence electrons. The first-order chi connectivity index (χ1) is 12.2. The maximum absolute atomic E-state index is 13.1. The standard InChI is InChI=1S/C16H18N4O5S/c1-11-7-8-13(12(2)9-11)19(10-16(21)18-17)26(24,25)15-6-4-3-5-14(15)20(22)23/h3-9H,10,17H2,1-2H3,(H,18,21). The Kier molecular flexibility index (Phi) is 5.58. The first-order valence-electron chi connectivity index (χ1n) is 7.51. The molecule has 9 nitrogen and oxygen atoms in total. The van der Waals surface area contributed by atoms with Gasteiger partial charge in [-0.1, -0.05) is 29.8 Å². The van der Waals surface area contributed by atoms with Crippen LogP contribution in [-0.2, 0) is 14.8 Å². The molecule has 0 bridgehead atoms. The van der Waals surface area contributed by atoms with E-state index < -0.39 is 38.0 Å². The lowest BCUT2D eigenvalue weighted by Crippen LogP contribution is -2.43. The molecule has 2 aromatic rings. The molecule has 0 aliphatic carbocycles. The van der Waals surface area contributed by atoms with E-state index in [9.17, 15) is 23.3 Å². The van der Waals surface area contributed by atoms with E-state index in [1.165, 1.54) is 12.1 Å². The zero-order valence-corrected chi connectivity index (χ0v) is 15.0. The van der Waals surface area contributed by atoms with E-state index in [4.69, 9.17) is 5.84 Å². The first-order valence-corrected chi connectivity index (χ1v) is 8.95. The molecule has 0 aliphatic rings. The molecule has 0 radical (unpaired) electrons. The van der Waals surface area contributed by atoms with Crippen LogP contribution in [0.1, 0.15) is 11.1 Å². The van der Waals surface area contributed by atoms with Crippen LogP contribution in [0.4, 0.5) is 11.4 Å². The van der Waals surface area contributed by atoms with Gasteiger partial charge in [-0.3, -0.25) is 24.6 Å². The zero-order chi connectivity index (χ0) is 19.5. The number of nitro groups is 1. The number of nitrogens with one attached hydrogen (secondary N) is 1. The van der Waals surface area contributed by atoms with Gasteiger partial charge in [0.15, 0.2) is 4.90 Å². The predicted molar refractivity (Wildman–Crippen MR) is 95.9 cm³/mol. The van der Waals surface area contributed by atoms with Crippen molar-refractivity contribution in [2.45, 2.75) is 18.7 Å². The van der Waals surface area contributed by atoms with Crippen LogP contribution in [0.15, 0.2) is 47.4 Å². The van der Waals surface area contributed by atoms with Crippen LogP contribution in [0.3, 0.4) is 0 Å². The third-order valence-corrected chi connectivity index (χ3v) is 5.51. The highest BCUT2D eigenvalue weighted by atomic mass is 32.2. The van der Waals surface area contributed by atoms with Gasteiger partial charge in [-0.2, -0.15) is 0 Å². The molecule has 2 rings (SSSR count). The van der Waals surface area contributed by atoms with Crippen molar-refractivity contribution in [1.29, 1.82) is 0 Å². The summed E-state index contributed by atoms with van der Waals surface area (Å²) in [5, 5.41) is 11.2. The molecule has 0 heterocycles. The lowest BCUT2D eigenvalue weighted by atomic mass is 10.1. The average molecular weight is 378 g/mol. The highest BCUT2D eigenvalue weighted by Gasteiger charge is 2.33. The second-order valence-corrected chi connectivity index (χ2v) is 7.42. The van der Waals surface area contributed by atoms with Crippen LogP contribution >= 0.6 is 0 Å². The lowest BCUT2D eigenvalue weighted by Gasteiger charge is -2.25. The number of anilines is 1. The van der Waals surface area contributed by atoms with Crippen molar-refractivity contribution in [2.24, 2.45) is 5.84 Å². The van der Waals surface area contributed by atoms with Crippen molar-refractivity contribution in [3.63, 3.8) is 0 Å². The molecule has 0 saturated carbocycles. The van der Waals surface area contributed by atoms with Crippen LogP contribution in [0.25, 0.3) is 0 Å². The number of para-hydroxylation sites is 1. The van der Waals surface area contributed by atoms with E-state index >= 15 is 0 Å². The SMILES string of the molecule is Cc1ccc(N(CC(=O)NN)S(=O)(=O)c2ccccc2[N+](=O)[O-])c(C)c1. The monoisotopic (exact) mass is 378 g/mol. The van der Waals surface area contributed by atoms with E-state index in [-0.39, 0.29) is 5.69 Å². The Hall–Kier alpha value is -2.98. The lowest BCUT2D eigenvalue weighted by molar-refractivity contribution is -0.387. The molecule has 3 N–H and O–H groups in total. The van der Waals surface area contributed by atoms with Crippen molar-refractivity contribution in [1.82, 2.24) is 5.43 Å². The van der Waals surface area contributed by atoms with Crippen LogP contribution in [0.2, 0.25) is 0 Å². The molecule has 0 fully saturated rings. The van der Waals surface area contributed by atoms with E-state index in [0.717, 1.165) is 22.0 Å². The fourth-order valence-corrected chi connectivity index (χ4v) is 4.15. The topological polar surface area (TPSA) is 136 Å². The van der Waals surface area contributed by atoms with Gasteiger partial charge in [0, 0.05) is 6.07 Å². The summed E-state index contributed by atoms with van der Waals surface area (Å²) < 4.78 is 27.1. The average Bonchev–Trinajstić information content (AvgIpc) is 2.59. The summed E-state index contributed by atoms with van der Waals surface area (Å²) in [5.41, 5.74) is 3.03. The summed E-state index contributed by atoms with van der Waals surface area (Å²) in [6, 6.07) is 9.94. The van der Waals surface area contributed by atoms with E-state index in [0.29, 0.717) is 5.56 Å². The Morgan fingerprint density at radius 1 is 1.23 bits per heavy atom. The number of amides is 1. The maximum Gasteiger partial charge on any atom is 0.289 e. The minimum absolute atomic E-state index is 0.234. The van der Waals surface area contributed by atoms with Gasteiger partial charge in [-0.15, -0.1) is 0 Å². The summed E-state index contributed by atoms with van der Waals surface area (Å²) in [6.45, 7) is 2.91. The summed E-state index contributed by atoms with van der Waals surface area (Å²) in [5.74, 6) is 4.33. The summed E-state index contributed by atoms with van der Waals surface area (Å²) in [6.07, 6.45) is 0. The Labute approximate surface area is 150 Å². The smallest absolute Gasteiger partial charge is 0.289 e. The molecule has 0 unspecified atom stereocenters. The van der Waals surface area contributed by atoms with Crippen molar-refractivity contribution in [3.05, 3.63) is 63.7 Å². The molecule has 0 saturated heterocycles. The fraction of sp³-hybridized carbons (Fsp3) is 0.188. The number of hydrogen-bond acceptors (Lipinski definition) is 6. The second-order valence-electron chi connectivity index (χ2n) is 5.59. The molecule has 0 aromatic heterocycles. The fourth-order valence-electron chi connectivity index (χ4n) is 2.51. The van der Waals surface area contributed by atoms with Gasteiger partial charge in [0.05, 0.1) is 10.6 Å². The summed E-state index contributed by atoms with van der Waals surface area (Å²) in [4.78, 5) is 21.7. The van der Waals surface area contributed by atoms with Gasteiger partial charge in [-0.05, 0) is 31.5 Å². The molecular formula is C16H18N4O5S. The second kappa shape index (κ2) is 7.50. The molecule has 0 atom stereocenters. The molecule has 10 heteroatoms. The van der Waals surface area contributed by atoms with Gasteiger partial charge < -0.3 is 0 Å². The summed E-state index contributed by atoms with van der Waals surface area (Å²) >= 11 is 0. The number of nitrogens with two attached hydrogens (primary N) is 1. The van der Waals surface area contributed by atoms with Crippen molar-refractivity contribution >= 4 is 27.3 Å². The normalized spacial score (nSPS) is 11.0. The highest BCUT2D eigenvalue weighted by molar-refractivity contribution is 7.93. The number of nitro benzene ring substituents is 1. The van der Waals surface area contributed by atoms with Gasteiger partial charge in [0.25, 0.3) is 21.6 Å². The molecule has 26 heavy (non-hydrogen) atoms. The number of carbonyl (C=O) groups excluding carboxylic acids is 1. The van der Waals surface area contributed by atoms with Crippen LogP contribution in [-0.4, -0.2) is 25.8 Å². The number of carbonyl (C=O) groups is 1. The van der Waals surface area contributed by atoms with E-state index in [2.05, 4.69) is 0 Å². The Balaban J connectivity index is 2.68. The third kappa shape index (κ3) is 3.81. The number of nitrogens with zero attached hydrogens (tertiary/aromatic N) is 2. The van der Waals surface area contributed by atoms with E-state index in [1.54, 1.807) is 25.1 Å². The summed E-state index contributed by atoms with van der Waals surface area (Å²) in [7, 11) is -4.40. The van der Waals surface area contributed by atoms with Gasteiger partial charge in [0.2, 0.25) is 0 Å². The Morgan fingerprint density at radius 3 is 2.46 bits per heavy atom. The number of sulfonamides is 1. The quantitative estimate of drug-likeness (QED) is 0.337.